The van der Waals surface area contributed by atoms with Crippen LogP contribution in [0.3, 0.4) is 0 Å². The number of halogens is 1. The Bertz CT molecular complexity index is 617. The normalized spacial score (nSPS) is 10.2. The van der Waals surface area contributed by atoms with E-state index in [4.69, 9.17) is 11.6 Å². The molecule has 0 spiro atoms. The van der Waals surface area contributed by atoms with Gasteiger partial charge in [-0.05, 0) is 29.8 Å². The lowest BCUT2D eigenvalue weighted by molar-refractivity contribution is -0.384. The number of hydrogen-bond donors (Lipinski definition) is 2. The van der Waals surface area contributed by atoms with Crippen molar-refractivity contribution >= 4 is 23.0 Å². The summed E-state index contributed by atoms with van der Waals surface area (Å²) in [7, 11) is 0. The third-order valence-corrected chi connectivity index (χ3v) is 2.87. The number of hydrogen-bond acceptors (Lipinski definition) is 4. The molecule has 0 aliphatic rings. The highest BCUT2D eigenvalue weighted by Gasteiger charge is 2.12. The molecule has 0 aromatic heterocycles. The second-order valence-electron chi connectivity index (χ2n) is 3.95. The first-order chi connectivity index (χ1) is 9.06. The molecule has 5 nitrogen and oxygen atoms in total. The van der Waals surface area contributed by atoms with E-state index in [1.165, 1.54) is 12.1 Å². The Labute approximate surface area is 114 Å². The molecule has 0 bridgehead atoms. The van der Waals surface area contributed by atoms with Crippen LogP contribution in [0.1, 0.15) is 5.56 Å². The molecule has 2 N–H and O–H groups in total. The van der Waals surface area contributed by atoms with Gasteiger partial charge in [-0.25, -0.2) is 0 Å². The molecule has 0 unspecified atom stereocenters. The summed E-state index contributed by atoms with van der Waals surface area (Å²) >= 11 is 5.73. The van der Waals surface area contributed by atoms with E-state index >= 15 is 0 Å². The summed E-state index contributed by atoms with van der Waals surface area (Å²) in [6, 6.07) is 11.3. The van der Waals surface area contributed by atoms with Crippen molar-refractivity contribution in [1.82, 2.24) is 0 Å². The maximum Gasteiger partial charge on any atom is 0.289 e. The van der Waals surface area contributed by atoms with Crippen LogP contribution in [-0.2, 0) is 6.54 Å². The Kier molecular flexibility index (Phi) is 3.87. The number of phenols is 1. The van der Waals surface area contributed by atoms with Crippen LogP contribution in [0.5, 0.6) is 5.75 Å². The van der Waals surface area contributed by atoms with Gasteiger partial charge in [-0.1, -0.05) is 23.7 Å². The molecule has 19 heavy (non-hydrogen) atoms. The van der Waals surface area contributed by atoms with Gasteiger partial charge in [0.25, 0.3) is 5.69 Å². The number of benzene rings is 2. The molecule has 6 heteroatoms. The predicted octanol–water partition coefficient (Wildman–Crippen LogP) is 3.57. The zero-order valence-electron chi connectivity index (χ0n) is 9.84. The zero-order valence-corrected chi connectivity index (χ0v) is 10.6. The van der Waals surface area contributed by atoms with Crippen molar-refractivity contribution in [3.8, 4) is 5.75 Å². The summed E-state index contributed by atoms with van der Waals surface area (Å²) < 4.78 is 0. The maximum atomic E-state index is 10.8. The summed E-state index contributed by atoms with van der Waals surface area (Å²) in [5.74, 6) is 0.182. The van der Waals surface area contributed by atoms with Crippen LogP contribution in [-0.4, -0.2) is 10.0 Å². The van der Waals surface area contributed by atoms with Crippen LogP contribution in [0.15, 0.2) is 42.5 Å². The van der Waals surface area contributed by atoms with Crippen molar-refractivity contribution in [3.05, 3.63) is 63.2 Å². The number of rotatable bonds is 4. The summed E-state index contributed by atoms with van der Waals surface area (Å²) in [5.41, 5.74) is 1.33. The summed E-state index contributed by atoms with van der Waals surface area (Å²) in [6.07, 6.45) is 0. The Morgan fingerprint density at radius 3 is 2.74 bits per heavy atom. The first kappa shape index (κ1) is 13.2. The number of anilines is 1. The number of phenolic OH excluding ortho intramolecular Hbond substituents is 1. The van der Waals surface area contributed by atoms with Crippen LogP contribution in [0.25, 0.3) is 0 Å². The van der Waals surface area contributed by atoms with E-state index in [9.17, 15) is 15.2 Å². The molecule has 2 aromatic carbocycles. The molecule has 0 heterocycles. The maximum absolute atomic E-state index is 10.8. The first-order valence-electron chi connectivity index (χ1n) is 5.52. The van der Waals surface area contributed by atoms with E-state index < -0.39 is 4.92 Å². The molecule has 0 saturated carbocycles. The molecule has 0 atom stereocenters. The molecule has 0 radical (unpaired) electrons. The van der Waals surface area contributed by atoms with Crippen LogP contribution < -0.4 is 5.32 Å². The smallest absolute Gasteiger partial charge is 0.289 e. The monoisotopic (exact) mass is 278 g/mol. The Morgan fingerprint density at radius 2 is 2.05 bits per heavy atom. The average Bonchev–Trinajstić information content (AvgIpc) is 2.37. The van der Waals surface area contributed by atoms with E-state index in [-0.39, 0.29) is 16.5 Å². The van der Waals surface area contributed by atoms with E-state index in [1.807, 2.05) is 6.07 Å². The van der Waals surface area contributed by atoms with Crippen LogP contribution in [0, 0.1) is 10.1 Å². The molecule has 2 aromatic rings. The van der Waals surface area contributed by atoms with Gasteiger partial charge in [-0.15, -0.1) is 0 Å². The van der Waals surface area contributed by atoms with Gasteiger partial charge in [0.1, 0.15) is 10.8 Å². The van der Waals surface area contributed by atoms with Gasteiger partial charge in [0.15, 0.2) is 0 Å². The highest BCUT2D eigenvalue weighted by atomic mass is 35.5. The second-order valence-corrected chi connectivity index (χ2v) is 4.35. The highest BCUT2D eigenvalue weighted by molar-refractivity contribution is 6.32. The molecule has 98 valence electrons. The zero-order chi connectivity index (χ0) is 13.8. The van der Waals surface area contributed by atoms with Gasteiger partial charge in [0, 0.05) is 18.3 Å². The number of nitro benzene ring substituents is 1. The van der Waals surface area contributed by atoms with E-state index in [0.29, 0.717) is 12.2 Å². The minimum Gasteiger partial charge on any atom is -0.508 e. The molecular formula is C13H11ClN2O3. The fourth-order valence-corrected chi connectivity index (χ4v) is 1.82. The predicted molar refractivity (Wildman–Crippen MR) is 73.5 cm³/mol. The van der Waals surface area contributed by atoms with Gasteiger partial charge in [-0.2, -0.15) is 0 Å². The van der Waals surface area contributed by atoms with Crippen molar-refractivity contribution in [3.63, 3.8) is 0 Å². The number of nitro groups is 1. The van der Waals surface area contributed by atoms with Crippen molar-refractivity contribution < 1.29 is 10.0 Å². The van der Waals surface area contributed by atoms with Gasteiger partial charge in [0.05, 0.1) is 4.92 Å². The first-order valence-corrected chi connectivity index (χ1v) is 5.90. The van der Waals surface area contributed by atoms with E-state index in [2.05, 4.69) is 5.32 Å². The summed E-state index contributed by atoms with van der Waals surface area (Å²) in [6.45, 7) is 0.452. The van der Waals surface area contributed by atoms with Crippen molar-refractivity contribution in [2.75, 3.05) is 5.32 Å². The van der Waals surface area contributed by atoms with Crippen LogP contribution in [0.2, 0.25) is 5.02 Å². The minimum atomic E-state index is -0.526. The lowest BCUT2D eigenvalue weighted by Crippen LogP contribution is -2.00. The quantitative estimate of drug-likeness (QED) is 0.662. The van der Waals surface area contributed by atoms with Crippen LogP contribution >= 0.6 is 11.6 Å². The molecule has 0 fully saturated rings. The van der Waals surface area contributed by atoms with E-state index in [0.717, 1.165) is 5.56 Å². The molecule has 2 rings (SSSR count). The number of nitrogens with zero attached hydrogens (tertiary/aromatic N) is 1. The largest absolute Gasteiger partial charge is 0.508 e. The average molecular weight is 279 g/mol. The molecular weight excluding hydrogens is 268 g/mol. The molecule has 0 aliphatic carbocycles. The fraction of sp³-hybridized carbons (Fsp3) is 0.0769. The number of nitrogens with one attached hydrogen (secondary N) is 1. The number of aromatic hydroxyl groups is 1. The SMILES string of the molecule is O=[N+]([O-])c1cc(NCc2cccc(O)c2)ccc1Cl. The summed E-state index contributed by atoms with van der Waals surface area (Å²) in [4.78, 5) is 10.2. The lowest BCUT2D eigenvalue weighted by atomic mass is 10.2. The van der Waals surface area contributed by atoms with Gasteiger partial charge in [-0.3, -0.25) is 10.1 Å². The molecule has 0 aliphatic heterocycles. The third kappa shape index (κ3) is 3.35. The van der Waals surface area contributed by atoms with Gasteiger partial charge in [0.2, 0.25) is 0 Å². The van der Waals surface area contributed by atoms with Gasteiger partial charge < -0.3 is 10.4 Å². The Morgan fingerprint density at radius 1 is 1.26 bits per heavy atom. The fourth-order valence-electron chi connectivity index (χ4n) is 1.63. The summed E-state index contributed by atoms with van der Waals surface area (Å²) in [5, 5.41) is 23.2. The third-order valence-electron chi connectivity index (χ3n) is 2.55. The standard InChI is InChI=1S/C13H11ClN2O3/c14-12-5-4-10(7-13(12)16(18)19)15-8-9-2-1-3-11(17)6-9/h1-7,15,17H,8H2. The van der Waals surface area contributed by atoms with Crippen molar-refractivity contribution in [2.24, 2.45) is 0 Å². The van der Waals surface area contributed by atoms with E-state index in [1.54, 1.807) is 24.3 Å². The second kappa shape index (κ2) is 5.58. The highest BCUT2D eigenvalue weighted by Crippen LogP contribution is 2.27. The Balaban J connectivity index is 2.12. The van der Waals surface area contributed by atoms with Crippen LogP contribution in [0.4, 0.5) is 11.4 Å². The van der Waals surface area contributed by atoms with Crippen molar-refractivity contribution in [2.45, 2.75) is 6.54 Å². The van der Waals surface area contributed by atoms with Gasteiger partial charge >= 0.3 is 0 Å². The lowest BCUT2D eigenvalue weighted by Gasteiger charge is -2.07. The molecule has 0 saturated heterocycles. The Hall–Kier alpha value is -2.27. The van der Waals surface area contributed by atoms with Crippen molar-refractivity contribution in [1.29, 1.82) is 0 Å². The minimum absolute atomic E-state index is 0.105. The topological polar surface area (TPSA) is 75.4 Å². The molecule has 0 amide bonds.